The number of halogens is 2. The molecule has 1 aromatic carbocycles. The molecule has 0 saturated carbocycles. The average Bonchev–Trinajstić information content (AvgIpc) is 2.96. The summed E-state index contributed by atoms with van der Waals surface area (Å²) in [5.41, 5.74) is 10.3. The molecular weight excluding hydrogens is 449 g/mol. The van der Waals surface area contributed by atoms with Gasteiger partial charge in [0, 0.05) is 28.0 Å². The van der Waals surface area contributed by atoms with Gasteiger partial charge in [0.15, 0.2) is 0 Å². The first kappa shape index (κ1) is 14.1. The second kappa shape index (κ2) is 5.50. The smallest absolute Gasteiger partial charge is 0.129 e. The lowest BCUT2D eigenvalue weighted by molar-refractivity contribution is 0.782. The van der Waals surface area contributed by atoms with Gasteiger partial charge >= 0.3 is 0 Å². The van der Waals surface area contributed by atoms with E-state index in [0.717, 1.165) is 26.9 Å². The summed E-state index contributed by atoms with van der Waals surface area (Å²) in [6, 6.07) is 10.2. The van der Waals surface area contributed by atoms with Crippen molar-refractivity contribution in [3.63, 3.8) is 0 Å². The highest BCUT2D eigenvalue weighted by atomic mass is 127. The molecule has 0 amide bonds. The van der Waals surface area contributed by atoms with E-state index >= 15 is 0 Å². The minimum atomic E-state index is 0.674. The number of nitrogens with zero attached hydrogens (tertiary/aromatic N) is 2. The first-order valence-corrected chi connectivity index (χ1v) is 8.65. The first-order chi connectivity index (χ1) is 9.58. The van der Waals surface area contributed by atoms with Crippen LogP contribution in [0.2, 0.25) is 0 Å². The topological polar surface area (TPSA) is 43.8 Å². The molecule has 0 bridgehead atoms. The van der Waals surface area contributed by atoms with E-state index in [9.17, 15) is 0 Å². The maximum Gasteiger partial charge on any atom is 0.129 e. The van der Waals surface area contributed by atoms with Crippen LogP contribution in [0.1, 0.15) is 0 Å². The summed E-state index contributed by atoms with van der Waals surface area (Å²) in [7, 11) is 1.87. The van der Waals surface area contributed by atoms with Crippen molar-refractivity contribution in [1.29, 1.82) is 0 Å². The summed E-state index contributed by atoms with van der Waals surface area (Å²) in [5, 5.41) is 6.70. The van der Waals surface area contributed by atoms with Gasteiger partial charge in [0.2, 0.25) is 0 Å². The fraction of sp³-hybridized carbons (Fsp3) is 0.0714. The van der Waals surface area contributed by atoms with Crippen LogP contribution in [-0.4, -0.2) is 9.78 Å². The minimum absolute atomic E-state index is 0.674. The molecule has 0 spiro atoms. The van der Waals surface area contributed by atoms with Crippen LogP contribution in [0.15, 0.2) is 40.2 Å². The lowest BCUT2D eigenvalue weighted by Gasteiger charge is -2.05. The third kappa shape index (κ3) is 2.40. The van der Waals surface area contributed by atoms with Gasteiger partial charge in [-0.25, -0.2) is 0 Å². The fourth-order valence-corrected chi connectivity index (χ4v) is 3.92. The molecule has 3 rings (SSSR count). The van der Waals surface area contributed by atoms with Crippen LogP contribution in [-0.2, 0) is 7.05 Å². The molecule has 0 atom stereocenters. The van der Waals surface area contributed by atoms with Crippen molar-refractivity contribution >= 4 is 55.7 Å². The van der Waals surface area contributed by atoms with E-state index in [2.05, 4.69) is 61.1 Å². The summed E-state index contributed by atoms with van der Waals surface area (Å²) in [4.78, 5) is 0. The second-order valence-corrected chi connectivity index (χ2v) is 8.01. The number of anilines is 1. The average molecular weight is 460 g/mol. The number of thiophene rings is 1. The quantitative estimate of drug-likeness (QED) is 0.561. The summed E-state index contributed by atoms with van der Waals surface area (Å²) < 4.78 is 3.99. The first-order valence-electron chi connectivity index (χ1n) is 5.89. The van der Waals surface area contributed by atoms with E-state index in [1.54, 1.807) is 16.0 Å². The molecule has 0 unspecified atom stereocenters. The van der Waals surface area contributed by atoms with Crippen molar-refractivity contribution in [2.45, 2.75) is 0 Å². The van der Waals surface area contributed by atoms with Crippen molar-refractivity contribution in [3.05, 3.63) is 43.1 Å². The number of nitrogens with two attached hydrogens (primary N) is 1. The largest absolute Gasteiger partial charge is 0.383 e. The highest BCUT2D eigenvalue weighted by Crippen LogP contribution is 2.40. The predicted octanol–water partition coefficient (Wildman–Crippen LogP) is 4.76. The van der Waals surface area contributed by atoms with Crippen LogP contribution in [0.4, 0.5) is 5.82 Å². The number of rotatable bonds is 2. The Labute approximate surface area is 143 Å². The van der Waals surface area contributed by atoms with Gasteiger partial charge < -0.3 is 5.73 Å². The predicted molar refractivity (Wildman–Crippen MR) is 96.8 cm³/mol. The maximum absolute atomic E-state index is 6.23. The molecule has 6 heteroatoms. The summed E-state index contributed by atoms with van der Waals surface area (Å²) in [5.74, 6) is 0.674. The Morgan fingerprint density at radius 1 is 1.35 bits per heavy atom. The number of hydrogen-bond donors (Lipinski definition) is 1. The number of nitrogen functional groups attached to an aromatic ring is 1. The highest BCUT2D eigenvalue weighted by molar-refractivity contribution is 14.1. The normalized spacial score (nSPS) is 10.9. The van der Waals surface area contributed by atoms with Crippen molar-refractivity contribution in [1.82, 2.24) is 9.78 Å². The Morgan fingerprint density at radius 3 is 2.75 bits per heavy atom. The van der Waals surface area contributed by atoms with Crippen LogP contribution < -0.4 is 5.73 Å². The Morgan fingerprint density at radius 2 is 2.10 bits per heavy atom. The molecule has 2 heterocycles. The standard InChI is InChI=1S/C14H11BrIN3S/c1-19-14(17)12(9-4-2-3-5-10(9)15)13(18-19)8-6-11(16)20-7-8/h2-7H,17H2,1H3. The maximum atomic E-state index is 6.23. The van der Waals surface area contributed by atoms with Crippen LogP contribution >= 0.6 is 49.9 Å². The van der Waals surface area contributed by atoms with Gasteiger partial charge in [0.25, 0.3) is 0 Å². The Balaban J connectivity index is 2.28. The summed E-state index contributed by atoms with van der Waals surface area (Å²) >= 11 is 7.62. The molecule has 0 radical (unpaired) electrons. The molecule has 0 aliphatic carbocycles. The van der Waals surface area contributed by atoms with Gasteiger partial charge in [-0.3, -0.25) is 4.68 Å². The van der Waals surface area contributed by atoms with Crippen LogP contribution in [0.3, 0.4) is 0 Å². The molecule has 2 aromatic heterocycles. The van der Waals surface area contributed by atoms with Crippen LogP contribution in [0, 0.1) is 2.88 Å². The summed E-state index contributed by atoms with van der Waals surface area (Å²) in [6.45, 7) is 0. The fourth-order valence-electron chi connectivity index (χ4n) is 2.10. The van der Waals surface area contributed by atoms with Crippen LogP contribution in [0.5, 0.6) is 0 Å². The summed E-state index contributed by atoms with van der Waals surface area (Å²) in [6.07, 6.45) is 0. The van der Waals surface area contributed by atoms with Gasteiger partial charge in [-0.15, -0.1) is 11.3 Å². The molecule has 0 aliphatic heterocycles. The minimum Gasteiger partial charge on any atom is -0.383 e. The molecule has 3 nitrogen and oxygen atoms in total. The molecule has 20 heavy (non-hydrogen) atoms. The molecule has 0 aliphatic rings. The van der Waals surface area contributed by atoms with E-state index in [-0.39, 0.29) is 0 Å². The molecule has 2 N–H and O–H groups in total. The SMILES string of the molecule is Cn1nc(-c2csc(I)c2)c(-c2ccccc2Br)c1N. The van der Waals surface area contributed by atoms with Gasteiger partial charge in [-0.2, -0.15) is 5.10 Å². The Bertz CT molecular complexity index is 779. The molecule has 3 aromatic rings. The second-order valence-electron chi connectivity index (χ2n) is 4.35. The number of aromatic nitrogens is 2. The van der Waals surface area contributed by atoms with Gasteiger partial charge in [0.05, 0.1) is 8.45 Å². The van der Waals surface area contributed by atoms with Crippen molar-refractivity contribution in [2.24, 2.45) is 7.05 Å². The van der Waals surface area contributed by atoms with E-state index in [1.165, 1.54) is 2.88 Å². The molecule has 0 saturated heterocycles. The Hall–Kier alpha value is -0.860. The number of aryl methyl sites for hydroxylation is 1. The number of hydrogen-bond acceptors (Lipinski definition) is 3. The lowest BCUT2D eigenvalue weighted by atomic mass is 10.0. The zero-order chi connectivity index (χ0) is 14.3. The third-order valence-electron chi connectivity index (χ3n) is 3.08. The van der Waals surface area contributed by atoms with Gasteiger partial charge in [-0.1, -0.05) is 34.1 Å². The number of benzene rings is 1. The third-order valence-corrected chi connectivity index (χ3v) is 5.56. The highest BCUT2D eigenvalue weighted by Gasteiger charge is 2.19. The molecule has 0 fully saturated rings. The van der Waals surface area contributed by atoms with E-state index in [4.69, 9.17) is 5.73 Å². The lowest BCUT2D eigenvalue weighted by Crippen LogP contribution is -1.98. The van der Waals surface area contributed by atoms with Crippen molar-refractivity contribution in [3.8, 4) is 22.4 Å². The van der Waals surface area contributed by atoms with Crippen molar-refractivity contribution < 1.29 is 0 Å². The van der Waals surface area contributed by atoms with Crippen molar-refractivity contribution in [2.75, 3.05) is 5.73 Å². The monoisotopic (exact) mass is 459 g/mol. The van der Waals surface area contributed by atoms with E-state index in [1.807, 2.05) is 25.2 Å². The zero-order valence-electron chi connectivity index (χ0n) is 10.6. The van der Waals surface area contributed by atoms with Crippen LogP contribution in [0.25, 0.3) is 22.4 Å². The van der Waals surface area contributed by atoms with E-state index in [0.29, 0.717) is 5.82 Å². The molecular formula is C14H11BrIN3S. The Kier molecular flexibility index (Phi) is 3.87. The van der Waals surface area contributed by atoms with Gasteiger partial charge in [-0.05, 0) is 34.7 Å². The molecule has 102 valence electrons. The van der Waals surface area contributed by atoms with Gasteiger partial charge in [0.1, 0.15) is 11.5 Å². The zero-order valence-corrected chi connectivity index (χ0v) is 15.2. The van der Waals surface area contributed by atoms with E-state index < -0.39 is 0 Å².